The second kappa shape index (κ2) is 14.9. The van der Waals surface area contributed by atoms with Gasteiger partial charge in [0.1, 0.15) is 0 Å². The van der Waals surface area contributed by atoms with Crippen molar-refractivity contribution in [3.63, 3.8) is 0 Å². The number of methoxy groups -OCH3 is 1. The van der Waals surface area contributed by atoms with Gasteiger partial charge < -0.3 is 23.7 Å². The summed E-state index contributed by atoms with van der Waals surface area (Å²) in [6.07, 6.45) is 7.61. The third-order valence-electron chi connectivity index (χ3n) is 4.58. The maximum absolute atomic E-state index is 11.8. The van der Waals surface area contributed by atoms with Crippen LogP contribution >= 0.6 is 0 Å². The van der Waals surface area contributed by atoms with E-state index in [1.54, 1.807) is 20.1 Å². The van der Waals surface area contributed by atoms with E-state index in [9.17, 15) is 4.79 Å². The number of carbonyl (C=O) groups is 1. The summed E-state index contributed by atoms with van der Waals surface area (Å²) >= 11 is 0. The van der Waals surface area contributed by atoms with Crippen LogP contribution in [0.5, 0.6) is 11.5 Å². The van der Waals surface area contributed by atoms with Gasteiger partial charge in [-0.2, -0.15) is 0 Å². The lowest BCUT2D eigenvalue weighted by atomic mass is 10.2. The number of ether oxygens (including phenoxy) is 5. The molecule has 0 spiro atoms. The fraction of sp³-hybridized carbons (Fsp3) is 0.370. The van der Waals surface area contributed by atoms with Crippen LogP contribution in [0.1, 0.15) is 44.7 Å². The monoisotopic (exact) mass is 454 g/mol. The Bertz CT molecular complexity index is 891. The van der Waals surface area contributed by atoms with Gasteiger partial charge in [0.25, 0.3) is 0 Å². The first kappa shape index (κ1) is 26.2. The van der Waals surface area contributed by atoms with Crippen LogP contribution in [-0.2, 0) is 19.0 Å². The van der Waals surface area contributed by atoms with Crippen LogP contribution in [0.15, 0.2) is 60.7 Å². The van der Waals surface area contributed by atoms with Crippen LogP contribution in [-0.4, -0.2) is 38.9 Å². The van der Waals surface area contributed by atoms with Crippen molar-refractivity contribution in [1.82, 2.24) is 0 Å². The summed E-state index contributed by atoms with van der Waals surface area (Å²) in [5.41, 5.74) is 1.98. The van der Waals surface area contributed by atoms with Crippen LogP contribution in [0, 0.1) is 0 Å². The molecule has 0 bridgehead atoms. The summed E-state index contributed by atoms with van der Waals surface area (Å²) in [6, 6.07) is 15.3. The quantitative estimate of drug-likeness (QED) is 0.154. The molecule has 6 nitrogen and oxygen atoms in total. The van der Waals surface area contributed by atoms with Crippen molar-refractivity contribution in [1.29, 1.82) is 0 Å². The Kier molecular flexibility index (Phi) is 11.8. The van der Waals surface area contributed by atoms with Gasteiger partial charge in [-0.25, -0.2) is 4.79 Å². The predicted molar refractivity (Wildman–Crippen MR) is 130 cm³/mol. The largest absolute Gasteiger partial charge is 0.493 e. The van der Waals surface area contributed by atoms with Gasteiger partial charge in [-0.1, -0.05) is 48.6 Å². The molecule has 2 aromatic carbocycles. The maximum atomic E-state index is 11.8. The van der Waals surface area contributed by atoms with Crippen LogP contribution in [0.3, 0.4) is 0 Å². The van der Waals surface area contributed by atoms with E-state index in [4.69, 9.17) is 23.7 Å². The van der Waals surface area contributed by atoms with E-state index in [2.05, 4.69) is 0 Å². The highest BCUT2D eigenvalue weighted by Crippen LogP contribution is 2.29. The molecule has 2 atom stereocenters. The van der Waals surface area contributed by atoms with E-state index in [1.807, 2.05) is 74.5 Å². The lowest BCUT2D eigenvalue weighted by Gasteiger charge is -2.18. The number of esters is 1. The van der Waals surface area contributed by atoms with Crippen LogP contribution in [0.4, 0.5) is 0 Å². The van der Waals surface area contributed by atoms with Crippen molar-refractivity contribution < 1.29 is 28.5 Å². The molecule has 6 heteroatoms. The highest BCUT2D eigenvalue weighted by Gasteiger charge is 2.10. The smallest absolute Gasteiger partial charge is 0.333 e. The highest BCUT2D eigenvalue weighted by molar-refractivity contribution is 5.87. The van der Waals surface area contributed by atoms with Gasteiger partial charge in [-0.15, -0.1) is 0 Å². The third kappa shape index (κ3) is 10.4. The molecule has 2 rings (SSSR count). The molecule has 0 aromatic heterocycles. The molecular weight excluding hydrogens is 420 g/mol. The van der Waals surface area contributed by atoms with Crippen molar-refractivity contribution in [2.24, 2.45) is 0 Å². The average molecular weight is 455 g/mol. The first-order valence-electron chi connectivity index (χ1n) is 11.2. The van der Waals surface area contributed by atoms with Crippen molar-refractivity contribution in [2.75, 3.05) is 20.3 Å². The first-order valence-corrected chi connectivity index (χ1v) is 11.2. The van der Waals surface area contributed by atoms with E-state index in [0.29, 0.717) is 24.7 Å². The summed E-state index contributed by atoms with van der Waals surface area (Å²) in [7, 11) is 1.62. The minimum atomic E-state index is -0.612. The normalized spacial score (nSPS) is 13.2. The molecule has 0 saturated heterocycles. The lowest BCUT2D eigenvalue weighted by molar-refractivity contribution is -0.169. The van der Waals surface area contributed by atoms with Crippen LogP contribution in [0.2, 0.25) is 0 Å². The zero-order chi connectivity index (χ0) is 23.9. The number of carbonyl (C=O) groups excluding carboxylic acids is 1. The maximum Gasteiger partial charge on any atom is 0.333 e. The summed E-state index contributed by atoms with van der Waals surface area (Å²) in [6.45, 7) is 6.51. The minimum absolute atomic E-state index is 0.413. The zero-order valence-electron chi connectivity index (χ0n) is 19.9. The third-order valence-corrected chi connectivity index (χ3v) is 4.58. The zero-order valence-corrected chi connectivity index (χ0v) is 19.9. The molecule has 0 fully saturated rings. The molecule has 178 valence electrons. The summed E-state index contributed by atoms with van der Waals surface area (Å²) in [5.74, 6) is 0.866. The average Bonchev–Trinajstić information content (AvgIpc) is 2.81. The highest BCUT2D eigenvalue weighted by atomic mass is 16.7. The minimum Gasteiger partial charge on any atom is -0.493 e. The molecule has 0 aliphatic rings. The molecule has 2 unspecified atom stereocenters. The number of hydrogen-bond donors (Lipinski definition) is 0. The molecule has 33 heavy (non-hydrogen) atoms. The molecular formula is C27H34O6. The SMILES string of the molecule is C/C=C/c1ccc(OC(C)OCCCCOC(C)OC(=O)/C=C/c2ccccc2)c(OC)c1. The second-order valence-corrected chi connectivity index (χ2v) is 7.29. The molecule has 0 amide bonds. The van der Waals surface area contributed by atoms with Crippen molar-refractivity contribution in [3.8, 4) is 11.5 Å². The van der Waals surface area contributed by atoms with Crippen molar-refractivity contribution >= 4 is 18.1 Å². The molecule has 0 saturated carbocycles. The standard InChI is InChI=1S/C27H34O6/c1-5-11-24-14-16-25(26(20-24)29-4)32-21(2)30-18-9-10-19-31-22(3)33-27(28)17-15-23-12-7-6-8-13-23/h5-8,11-17,20-22H,9-10,18-19H2,1-4H3/b11-5+,17-15+. The van der Waals surface area contributed by atoms with Gasteiger partial charge in [0, 0.05) is 6.08 Å². The summed E-state index contributed by atoms with van der Waals surface area (Å²) in [5, 5.41) is 0. The van der Waals surface area contributed by atoms with Gasteiger partial charge in [0.15, 0.2) is 24.1 Å². The van der Waals surface area contributed by atoms with E-state index >= 15 is 0 Å². The Labute approximate surface area is 196 Å². The Morgan fingerprint density at radius 3 is 2.24 bits per heavy atom. The lowest BCUT2D eigenvalue weighted by Crippen LogP contribution is -2.19. The van der Waals surface area contributed by atoms with Gasteiger partial charge in [-0.05, 0) is 62.9 Å². The van der Waals surface area contributed by atoms with Crippen molar-refractivity contribution in [2.45, 2.75) is 46.2 Å². The van der Waals surface area contributed by atoms with Crippen LogP contribution < -0.4 is 9.47 Å². The van der Waals surface area contributed by atoms with E-state index in [1.165, 1.54) is 6.08 Å². The second-order valence-electron chi connectivity index (χ2n) is 7.29. The molecule has 0 aliphatic heterocycles. The Morgan fingerprint density at radius 2 is 1.58 bits per heavy atom. The van der Waals surface area contributed by atoms with E-state index < -0.39 is 18.5 Å². The van der Waals surface area contributed by atoms with E-state index in [-0.39, 0.29) is 0 Å². The molecule has 0 aliphatic carbocycles. The topological polar surface area (TPSA) is 63.2 Å². The number of rotatable bonds is 14. The number of unbranched alkanes of at least 4 members (excludes halogenated alkanes) is 1. The van der Waals surface area contributed by atoms with Gasteiger partial charge in [-0.3, -0.25) is 0 Å². The van der Waals surface area contributed by atoms with Gasteiger partial charge in [0.05, 0.1) is 20.3 Å². The molecule has 0 heterocycles. The Morgan fingerprint density at radius 1 is 0.879 bits per heavy atom. The molecule has 2 aromatic rings. The summed E-state index contributed by atoms with van der Waals surface area (Å²) in [4.78, 5) is 11.8. The fourth-order valence-electron chi connectivity index (χ4n) is 2.96. The van der Waals surface area contributed by atoms with E-state index in [0.717, 1.165) is 24.0 Å². The van der Waals surface area contributed by atoms with Gasteiger partial charge >= 0.3 is 5.97 Å². The molecule has 0 radical (unpaired) electrons. The van der Waals surface area contributed by atoms with Gasteiger partial charge in [0.2, 0.25) is 0 Å². The number of benzene rings is 2. The number of hydrogen-bond acceptors (Lipinski definition) is 6. The first-order chi connectivity index (χ1) is 16.0. The fourth-order valence-corrected chi connectivity index (χ4v) is 2.96. The Balaban J connectivity index is 1.59. The predicted octanol–water partition coefficient (Wildman–Crippen LogP) is 5.87. The number of allylic oxidation sites excluding steroid dienone is 1. The summed E-state index contributed by atoms with van der Waals surface area (Å²) < 4.78 is 27.7. The Hall–Kier alpha value is -3.09. The van der Waals surface area contributed by atoms with Crippen molar-refractivity contribution in [3.05, 3.63) is 71.8 Å². The van der Waals surface area contributed by atoms with Crippen LogP contribution in [0.25, 0.3) is 12.2 Å². The molecule has 0 N–H and O–H groups in total.